The zero-order valence-electron chi connectivity index (χ0n) is 11.9. The maximum absolute atomic E-state index is 12.1. The highest BCUT2D eigenvalue weighted by Crippen LogP contribution is 2.30. The van der Waals surface area contributed by atoms with E-state index < -0.39 is 5.97 Å². The van der Waals surface area contributed by atoms with E-state index in [9.17, 15) is 4.79 Å². The summed E-state index contributed by atoms with van der Waals surface area (Å²) in [5, 5.41) is 0.510. The third-order valence-corrected chi connectivity index (χ3v) is 4.26. The molecule has 0 bridgehead atoms. The molecule has 0 N–H and O–H groups in total. The van der Waals surface area contributed by atoms with Crippen LogP contribution in [0.5, 0.6) is 5.75 Å². The lowest BCUT2D eigenvalue weighted by Crippen LogP contribution is -2.09. The van der Waals surface area contributed by atoms with Crippen molar-refractivity contribution in [2.75, 3.05) is 0 Å². The van der Waals surface area contributed by atoms with Crippen molar-refractivity contribution in [3.8, 4) is 5.75 Å². The molecule has 110 valence electrons. The Kier molecular flexibility index (Phi) is 5.43. The van der Waals surface area contributed by atoms with Crippen molar-refractivity contribution in [1.29, 1.82) is 0 Å². The van der Waals surface area contributed by atoms with Crippen molar-refractivity contribution in [1.82, 2.24) is 0 Å². The van der Waals surface area contributed by atoms with Crippen molar-refractivity contribution in [3.05, 3.63) is 63.1 Å². The molecule has 21 heavy (non-hydrogen) atoms. The smallest absolute Gasteiger partial charge is 0.343 e. The maximum Gasteiger partial charge on any atom is 0.343 e. The average Bonchev–Trinajstić information content (AvgIpc) is 2.48. The first-order valence-electron chi connectivity index (χ1n) is 6.78. The van der Waals surface area contributed by atoms with E-state index in [0.29, 0.717) is 22.3 Å². The molecule has 0 aliphatic rings. The van der Waals surface area contributed by atoms with Crippen LogP contribution in [0.15, 0.2) is 46.9 Å². The molecule has 0 radical (unpaired) electrons. The fourth-order valence-corrected chi connectivity index (χ4v) is 2.58. The molecule has 0 heterocycles. The Morgan fingerprint density at radius 3 is 2.67 bits per heavy atom. The van der Waals surface area contributed by atoms with Crippen LogP contribution in [-0.4, -0.2) is 5.97 Å². The van der Waals surface area contributed by atoms with E-state index in [0.717, 1.165) is 10.9 Å². The average molecular weight is 368 g/mol. The van der Waals surface area contributed by atoms with Crippen LogP contribution < -0.4 is 4.74 Å². The van der Waals surface area contributed by atoms with Crippen molar-refractivity contribution >= 4 is 33.5 Å². The molecule has 2 nitrogen and oxygen atoms in total. The Balaban J connectivity index is 2.18. The predicted molar refractivity (Wildman–Crippen MR) is 89.3 cm³/mol. The highest BCUT2D eigenvalue weighted by molar-refractivity contribution is 9.10. The Bertz CT molecular complexity index is 655. The third kappa shape index (κ3) is 4.08. The standard InChI is InChI=1S/C17H16BrClO2/c1-3-11(2)12-7-8-16(15(18)10-12)21-17(20)13-5-4-6-14(19)9-13/h4-11H,3H2,1-2H3. The molecule has 1 unspecified atom stereocenters. The Morgan fingerprint density at radius 1 is 1.29 bits per heavy atom. The monoisotopic (exact) mass is 366 g/mol. The zero-order chi connectivity index (χ0) is 15.4. The highest BCUT2D eigenvalue weighted by Gasteiger charge is 2.13. The van der Waals surface area contributed by atoms with Gasteiger partial charge in [0.2, 0.25) is 0 Å². The lowest BCUT2D eigenvalue weighted by Gasteiger charge is -2.12. The number of hydrogen-bond donors (Lipinski definition) is 0. The van der Waals surface area contributed by atoms with E-state index in [4.69, 9.17) is 16.3 Å². The van der Waals surface area contributed by atoms with Crippen molar-refractivity contribution in [3.63, 3.8) is 0 Å². The summed E-state index contributed by atoms with van der Waals surface area (Å²) in [6.07, 6.45) is 1.06. The van der Waals surface area contributed by atoms with Gasteiger partial charge >= 0.3 is 5.97 Å². The van der Waals surface area contributed by atoms with Gasteiger partial charge in [-0.2, -0.15) is 0 Å². The molecule has 2 aromatic carbocycles. The Hall–Kier alpha value is -1.32. The first-order chi connectivity index (χ1) is 10.0. The van der Waals surface area contributed by atoms with E-state index in [2.05, 4.69) is 29.8 Å². The quantitative estimate of drug-likeness (QED) is 0.501. The number of esters is 1. The molecule has 0 aromatic heterocycles. The highest BCUT2D eigenvalue weighted by atomic mass is 79.9. The Labute approximate surface area is 138 Å². The lowest BCUT2D eigenvalue weighted by atomic mass is 9.99. The second-order valence-electron chi connectivity index (χ2n) is 4.90. The SMILES string of the molecule is CCC(C)c1ccc(OC(=O)c2cccc(Cl)c2)c(Br)c1. The van der Waals surface area contributed by atoms with Gasteiger partial charge in [-0.15, -0.1) is 0 Å². The number of halogens is 2. The number of carbonyl (C=O) groups excluding carboxylic acids is 1. The zero-order valence-corrected chi connectivity index (χ0v) is 14.2. The summed E-state index contributed by atoms with van der Waals surface area (Å²) in [6.45, 7) is 4.31. The fraction of sp³-hybridized carbons (Fsp3) is 0.235. The van der Waals surface area contributed by atoms with Gasteiger partial charge in [-0.3, -0.25) is 0 Å². The fourth-order valence-electron chi connectivity index (χ4n) is 1.92. The number of carbonyl (C=O) groups is 1. The predicted octanol–water partition coefficient (Wildman–Crippen LogP) is 5.84. The van der Waals surface area contributed by atoms with Gasteiger partial charge in [-0.25, -0.2) is 4.79 Å². The minimum Gasteiger partial charge on any atom is -0.422 e. The molecule has 0 aliphatic carbocycles. The van der Waals surface area contributed by atoms with Crippen LogP contribution in [0.1, 0.15) is 42.1 Å². The lowest BCUT2D eigenvalue weighted by molar-refractivity contribution is 0.0733. The summed E-state index contributed by atoms with van der Waals surface area (Å²) in [7, 11) is 0. The van der Waals surface area contributed by atoms with Crippen molar-refractivity contribution in [2.24, 2.45) is 0 Å². The number of rotatable bonds is 4. The van der Waals surface area contributed by atoms with Crippen molar-refractivity contribution in [2.45, 2.75) is 26.2 Å². The van der Waals surface area contributed by atoms with Crippen molar-refractivity contribution < 1.29 is 9.53 Å². The number of benzene rings is 2. The molecule has 2 rings (SSSR count). The first-order valence-corrected chi connectivity index (χ1v) is 7.95. The normalized spacial score (nSPS) is 12.0. The van der Waals surface area contributed by atoms with Gasteiger partial charge in [0.15, 0.2) is 0 Å². The van der Waals surface area contributed by atoms with Gasteiger partial charge in [-0.05, 0) is 64.2 Å². The summed E-state index contributed by atoms with van der Waals surface area (Å²) in [5.41, 5.74) is 1.65. The largest absolute Gasteiger partial charge is 0.422 e. The van der Waals surface area contributed by atoms with E-state index in [1.54, 1.807) is 24.3 Å². The molecular formula is C17H16BrClO2. The van der Waals surface area contributed by atoms with E-state index in [1.807, 2.05) is 18.2 Å². The van der Waals surface area contributed by atoms with E-state index in [-0.39, 0.29) is 0 Å². The topological polar surface area (TPSA) is 26.3 Å². The number of ether oxygens (including phenoxy) is 1. The summed E-state index contributed by atoms with van der Waals surface area (Å²) in [6, 6.07) is 12.5. The summed E-state index contributed by atoms with van der Waals surface area (Å²) in [5.74, 6) is 0.556. The van der Waals surface area contributed by atoms with Crippen LogP contribution in [0.4, 0.5) is 0 Å². The molecule has 2 aromatic rings. The first kappa shape index (κ1) is 16.1. The molecular weight excluding hydrogens is 352 g/mol. The van der Waals surface area contributed by atoms with Crippen LogP contribution in [0.3, 0.4) is 0 Å². The minimum atomic E-state index is -0.422. The minimum absolute atomic E-state index is 0.422. The van der Waals surface area contributed by atoms with Gasteiger partial charge in [-0.1, -0.05) is 37.6 Å². The molecule has 1 atom stereocenters. The summed E-state index contributed by atoms with van der Waals surface area (Å²) < 4.78 is 6.18. The van der Waals surface area contributed by atoms with Gasteiger partial charge in [0, 0.05) is 5.02 Å². The van der Waals surface area contributed by atoms with E-state index in [1.165, 1.54) is 5.56 Å². The van der Waals surface area contributed by atoms with Gasteiger partial charge in [0.25, 0.3) is 0 Å². The second-order valence-corrected chi connectivity index (χ2v) is 6.19. The molecule has 0 saturated carbocycles. The van der Waals surface area contributed by atoms with Crippen LogP contribution >= 0.6 is 27.5 Å². The second kappa shape index (κ2) is 7.10. The van der Waals surface area contributed by atoms with Gasteiger partial charge < -0.3 is 4.74 Å². The van der Waals surface area contributed by atoms with Crippen LogP contribution in [0.25, 0.3) is 0 Å². The maximum atomic E-state index is 12.1. The number of hydrogen-bond acceptors (Lipinski definition) is 2. The van der Waals surface area contributed by atoms with E-state index >= 15 is 0 Å². The molecule has 0 spiro atoms. The summed E-state index contributed by atoms with van der Waals surface area (Å²) in [4.78, 5) is 12.1. The summed E-state index contributed by atoms with van der Waals surface area (Å²) >= 11 is 9.33. The molecule has 0 aliphatic heterocycles. The van der Waals surface area contributed by atoms with Crippen LogP contribution in [-0.2, 0) is 0 Å². The van der Waals surface area contributed by atoms with Crippen LogP contribution in [0.2, 0.25) is 5.02 Å². The third-order valence-electron chi connectivity index (χ3n) is 3.40. The van der Waals surface area contributed by atoms with Gasteiger partial charge in [0.05, 0.1) is 10.0 Å². The molecule has 4 heteroatoms. The molecule has 0 fully saturated rings. The van der Waals surface area contributed by atoms with Crippen LogP contribution in [0, 0.1) is 0 Å². The van der Waals surface area contributed by atoms with Gasteiger partial charge in [0.1, 0.15) is 5.75 Å². The Morgan fingerprint density at radius 2 is 2.05 bits per heavy atom. The molecule has 0 amide bonds. The molecule has 0 saturated heterocycles.